The van der Waals surface area contributed by atoms with Crippen molar-refractivity contribution in [2.24, 2.45) is 5.41 Å². The summed E-state index contributed by atoms with van der Waals surface area (Å²) in [5, 5.41) is 0.837. The third-order valence-corrected chi connectivity index (χ3v) is 4.51. The van der Waals surface area contributed by atoms with E-state index in [1.165, 1.54) is 7.11 Å². The van der Waals surface area contributed by atoms with E-state index < -0.39 is 22.2 Å². The second-order valence-electron chi connectivity index (χ2n) is 4.47. The fourth-order valence-electron chi connectivity index (χ4n) is 1.41. The maximum atomic E-state index is 12.2. The molecule has 100 valence electrons. The number of benzene rings is 1. The number of hydrogen-bond acceptors (Lipinski definition) is 3. The largest absolute Gasteiger partial charge is 0.469 e. The van der Waals surface area contributed by atoms with Crippen LogP contribution >= 0.6 is 23.2 Å². The van der Waals surface area contributed by atoms with E-state index in [4.69, 9.17) is 23.2 Å². The summed E-state index contributed by atoms with van der Waals surface area (Å²) in [6, 6.07) is 4.73. The van der Waals surface area contributed by atoms with Gasteiger partial charge in [0.15, 0.2) is 0 Å². The lowest BCUT2D eigenvalue weighted by atomic mass is 9.97. The Hall–Kier alpha value is -0.580. The summed E-state index contributed by atoms with van der Waals surface area (Å²) in [7, 11) is -0.0565. The number of carbonyl (C=O) groups is 1. The van der Waals surface area contributed by atoms with Gasteiger partial charge in [0, 0.05) is 20.7 Å². The number of ether oxygens (including phenoxy) is 1. The predicted octanol–water partition coefficient (Wildman–Crippen LogP) is 3.30. The van der Waals surface area contributed by atoms with Gasteiger partial charge in [-0.05, 0) is 32.0 Å². The van der Waals surface area contributed by atoms with E-state index >= 15 is 0 Å². The standard InChI is InChI=1S/C12H14Cl2O3S/c1-12(2,11(15)17-3)7-18(16)10-5-8(13)4-9(14)6-10/h4-6H,7H2,1-3H3. The molecule has 1 atom stereocenters. The van der Waals surface area contributed by atoms with Crippen LogP contribution in [0.3, 0.4) is 0 Å². The van der Waals surface area contributed by atoms with Gasteiger partial charge in [0.1, 0.15) is 0 Å². The van der Waals surface area contributed by atoms with Gasteiger partial charge < -0.3 is 4.74 Å². The average molecular weight is 309 g/mol. The maximum absolute atomic E-state index is 12.2. The lowest BCUT2D eigenvalue weighted by molar-refractivity contribution is -0.149. The number of carbonyl (C=O) groups excluding carboxylic acids is 1. The fourth-order valence-corrected chi connectivity index (χ4v) is 3.52. The third kappa shape index (κ3) is 3.97. The van der Waals surface area contributed by atoms with Crippen LogP contribution in [-0.2, 0) is 20.3 Å². The highest BCUT2D eigenvalue weighted by atomic mass is 35.5. The average Bonchev–Trinajstić information content (AvgIpc) is 2.25. The molecular formula is C12H14Cl2O3S. The van der Waals surface area contributed by atoms with Crippen molar-refractivity contribution in [1.82, 2.24) is 0 Å². The van der Waals surface area contributed by atoms with Gasteiger partial charge in [0.2, 0.25) is 0 Å². The summed E-state index contributed by atoms with van der Waals surface area (Å²) in [6.45, 7) is 3.37. The van der Waals surface area contributed by atoms with Gasteiger partial charge in [0.25, 0.3) is 0 Å². The lowest BCUT2D eigenvalue weighted by Gasteiger charge is -2.20. The molecule has 0 N–H and O–H groups in total. The highest BCUT2D eigenvalue weighted by Crippen LogP contribution is 2.25. The molecule has 0 aliphatic carbocycles. The first-order valence-corrected chi connectivity index (χ1v) is 7.26. The van der Waals surface area contributed by atoms with Crippen molar-refractivity contribution in [3.05, 3.63) is 28.2 Å². The zero-order valence-electron chi connectivity index (χ0n) is 10.3. The first-order valence-electron chi connectivity index (χ1n) is 5.19. The Labute approximate surface area is 119 Å². The van der Waals surface area contributed by atoms with E-state index in [0.29, 0.717) is 14.9 Å². The Morgan fingerprint density at radius 1 is 1.28 bits per heavy atom. The van der Waals surface area contributed by atoms with E-state index in [1.54, 1.807) is 32.0 Å². The zero-order chi connectivity index (χ0) is 13.9. The normalized spacial score (nSPS) is 13.2. The minimum absolute atomic E-state index is 0.149. The molecule has 3 nitrogen and oxygen atoms in total. The molecule has 0 saturated heterocycles. The maximum Gasteiger partial charge on any atom is 0.312 e. The second kappa shape index (κ2) is 6.04. The molecule has 0 aliphatic rings. The molecule has 0 aromatic heterocycles. The van der Waals surface area contributed by atoms with Gasteiger partial charge in [-0.1, -0.05) is 23.2 Å². The van der Waals surface area contributed by atoms with Crippen molar-refractivity contribution >= 4 is 40.0 Å². The summed E-state index contributed by atoms with van der Waals surface area (Å²) in [5.41, 5.74) is -0.825. The second-order valence-corrected chi connectivity index (χ2v) is 6.79. The van der Waals surface area contributed by atoms with Crippen molar-refractivity contribution < 1.29 is 13.7 Å². The molecule has 1 aromatic carbocycles. The minimum Gasteiger partial charge on any atom is -0.469 e. The summed E-state index contributed by atoms with van der Waals surface area (Å²) >= 11 is 11.7. The van der Waals surface area contributed by atoms with Crippen molar-refractivity contribution in [3.8, 4) is 0 Å². The topological polar surface area (TPSA) is 43.4 Å². The first-order chi connectivity index (χ1) is 8.26. The molecular weight excluding hydrogens is 295 g/mol. The van der Waals surface area contributed by atoms with E-state index in [1.807, 2.05) is 0 Å². The minimum atomic E-state index is -1.37. The molecule has 0 radical (unpaired) electrons. The number of esters is 1. The van der Waals surface area contributed by atoms with Crippen LogP contribution in [0.5, 0.6) is 0 Å². The molecule has 0 amide bonds. The SMILES string of the molecule is COC(=O)C(C)(C)CS(=O)c1cc(Cl)cc(Cl)c1. The first kappa shape index (κ1) is 15.5. The van der Waals surface area contributed by atoms with Crippen LogP contribution < -0.4 is 0 Å². The molecule has 0 saturated carbocycles. The number of methoxy groups -OCH3 is 1. The van der Waals surface area contributed by atoms with Gasteiger partial charge in [0.05, 0.1) is 23.3 Å². The van der Waals surface area contributed by atoms with Crippen LogP contribution in [0.1, 0.15) is 13.8 Å². The Morgan fingerprint density at radius 3 is 2.22 bits per heavy atom. The van der Waals surface area contributed by atoms with Gasteiger partial charge in [-0.2, -0.15) is 0 Å². The molecule has 1 rings (SSSR count). The van der Waals surface area contributed by atoms with Crippen LogP contribution in [0.4, 0.5) is 0 Å². The molecule has 1 aromatic rings. The molecule has 0 fully saturated rings. The highest BCUT2D eigenvalue weighted by molar-refractivity contribution is 7.85. The molecule has 1 unspecified atom stereocenters. The van der Waals surface area contributed by atoms with Gasteiger partial charge in [-0.25, -0.2) is 0 Å². The third-order valence-electron chi connectivity index (χ3n) is 2.33. The van der Waals surface area contributed by atoms with Crippen LogP contribution in [0, 0.1) is 5.41 Å². The van der Waals surface area contributed by atoms with Crippen molar-refractivity contribution in [2.75, 3.05) is 12.9 Å². The van der Waals surface area contributed by atoms with Crippen LogP contribution in [0.25, 0.3) is 0 Å². The predicted molar refractivity (Wildman–Crippen MR) is 73.5 cm³/mol. The van der Waals surface area contributed by atoms with Gasteiger partial charge in [-0.15, -0.1) is 0 Å². The van der Waals surface area contributed by atoms with Crippen LogP contribution in [0.2, 0.25) is 10.0 Å². The van der Waals surface area contributed by atoms with Gasteiger partial charge in [-0.3, -0.25) is 9.00 Å². The zero-order valence-corrected chi connectivity index (χ0v) is 12.7. The van der Waals surface area contributed by atoms with E-state index in [2.05, 4.69) is 4.74 Å². The monoisotopic (exact) mass is 308 g/mol. The van der Waals surface area contributed by atoms with Crippen molar-refractivity contribution in [2.45, 2.75) is 18.7 Å². The molecule has 6 heteroatoms. The van der Waals surface area contributed by atoms with E-state index in [9.17, 15) is 9.00 Å². The fraction of sp³-hybridized carbons (Fsp3) is 0.417. The Kier molecular flexibility index (Phi) is 5.20. The summed E-state index contributed by atoms with van der Waals surface area (Å²) in [4.78, 5) is 12.0. The summed E-state index contributed by atoms with van der Waals surface area (Å²) in [5.74, 6) is -0.250. The van der Waals surface area contributed by atoms with Crippen LogP contribution in [0.15, 0.2) is 23.1 Å². The molecule has 0 bridgehead atoms. The Balaban J connectivity index is 2.92. The molecule has 0 aliphatic heterocycles. The van der Waals surface area contributed by atoms with Crippen LogP contribution in [-0.4, -0.2) is 23.0 Å². The summed E-state index contributed by atoms with van der Waals surface area (Å²) in [6.07, 6.45) is 0. The van der Waals surface area contributed by atoms with E-state index in [0.717, 1.165) is 0 Å². The molecule has 18 heavy (non-hydrogen) atoms. The smallest absolute Gasteiger partial charge is 0.312 e. The number of halogens is 2. The van der Waals surface area contributed by atoms with Crippen molar-refractivity contribution in [3.63, 3.8) is 0 Å². The quantitative estimate of drug-likeness (QED) is 0.802. The van der Waals surface area contributed by atoms with E-state index in [-0.39, 0.29) is 5.75 Å². The Morgan fingerprint density at radius 2 is 1.78 bits per heavy atom. The summed E-state index contributed by atoms with van der Waals surface area (Å²) < 4.78 is 16.8. The highest BCUT2D eigenvalue weighted by Gasteiger charge is 2.31. The lowest BCUT2D eigenvalue weighted by Crippen LogP contribution is -2.31. The Bertz CT molecular complexity index is 466. The number of rotatable bonds is 4. The van der Waals surface area contributed by atoms with Gasteiger partial charge >= 0.3 is 5.97 Å². The van der Waals surface area contributed by atoms with Crippen molar-refractivity contribution in [1.29, 1.82) is 0 Å². The molecule has 0 heterocycles. The number of hydrogen-bond donors (Lipinski definition) is 0. The molecule has 0 spiro atoms.